The van der Waals surface area contributed by atoms with Crippen LogP contribution in [0.5, 0.6) is 0 Å². The molecule has 2 atom stereocenters. The Hall–Kier alpha value is -3.97. The summed E-state index contributed by atoms with van der Waals surface area (Å²) < 4.78 is 2.07. The minimum absolute atomic E-state index is 0.157. The Bertz CT molecular complexity index is 1260. The normalized spacial score (nSPS) is 17.9. The molecule has 5 rings (SSSR count). The van der Waals surface area contributed by atoms with Crippen LogP contribution in [0.4, 0.5) is 5.69 Å². The zero-order valence-electron chi connectivity index (χ0n) is 17.0. The second-order valence-electron chi connectivity index (χ2n) is 7.49. The lowest BCUT2D eigenvalue weighted by Crippen LogP contribution is -2.30. The molecule has 158 valence electrons. The van der Waals surface area contributed by atoms with Gasteiger partial charge in [-0.2, -0.15) is 0 Å². The fourth-order valence-corrected chi connectivity index (χ4v) is 4.50. The summed E-state index contributed by atoms with van der Waals surface area (Å²) in [5.74, 6) is -0.944. The maximum Gasteiger partial charge on any atom is 0.335 e. The van der Waals surface area contributed by atoms with Gasteiger partial charge in [0.1, 0.15) is 6.04 Å². The molecule has 2 aromatic carbocycles. The smallest absolute Gasteiger partial charge is 0.335 e. The summed E-state index contributed by atoms with van der Waals surface area (Å²) >= 11 is 5.77. The molecule has 0 bridgehead atoms. The third-order valence-corrected chi connectivity index (χ3v) is 5.92. The summed E-state index contributed by atoms with van der Waals surface area (Å²) in [5, 5.41) is 13.3. The number of thiocarbonyl (C=S) groups is 1. The summed E-state index contributed by atoms with van der Waals surface area (Å²) in [4.78, 5) is 18.0. The average Bonchev–Trinajstić information content (AvgIpc) is 3.44. The van der Waals surface area contributed by atoms with Crippen molar-refractivity contribution in [3.05, 3.63) is 114 Å². The van der Waals surface area contributed by atoms with E-state index in [-0.39, 0.29) is 17.6 Å². The van der Waals surface area contributed by atoms with Crippen LogP contribution < -0.4 is 10.2 Å². The number of aromatic carboxylic acids is 1. The van der Waals surface area contributed by atoms with Crippen LogP contribution >= 0.6 is 12.2 Å². The van der Waals surface area contributed by atoms with Crippen molar-refractivity contribution < 1.29 is 9.90 Å². The first kappa shape index (κ1) is 20.0. The molecule has 0 amide bonds. The van der Waals surface area contributed by atoms with Crippen LogP contribution in [0.15, 0.2) is 97.3 Å². The number of nitrogens with zero attached hydrogens (tertiary/aromatic N) is 3. The van der Waals surface area contributed by atoms with Gasteiger partial charge in [-0.3, -0.25) is 4.98 Å². The van der Waals surface area contributed by atoms with E-state index in [9.17, 15) is 9.90 Å². The van der Waals surface area contributed by atoms with Gasteiger partial charge in [-0.15, -0.1) is 0 Å². The van der Waals surface area contributed by atoms with Gasteiger partial charge in [-0.25, -0.2) is 4.79 Å². The highest BCUT2D eigenvalue weighted by molar-refractivity contribution is 7.80. The van der Waals surface area contributed by atoms with E-state index < -0.39 is 5.97 Å². The molecule has 2 N–H and O–H groups in total. The number of carbonyl (C=O) groups is 1. The fourth-order valence-electron chi connectivity index (χ4n) is 4.16. The minimum atomic E-state index is -0.944. The minimum Gasteiger partial charge on any atom is -0.478 e. The molecule has 0 aliphatic carbocycles. The lowest BCUT2D eigenvalue weighted by atomic mass is 10.0. The van der Waals surface area contributed by atoms with Crippen LogP contribution in [-0.2, 0) is 0 Å². The molecule has 7 heteroatoms. The lowest BCUT2D eigenvalue weighted by molar-refractivity contribution is 0.0697. The standard InChI is InChI=1S/C25H20N4O2S/c30-24(31)17-11-13-18(14-12-17)28-16-6-10-21(28)23-22(20-9-4-5-15-26-20)27-25(32)29(23)19-7-2-1-3-8-19/h1-16,22-23H,(H,27,32)(H,30,31)/t22-,23+/m1/s1. The topological polar surface area (TPSA) is 70.4 Å². The first-order chi connectivity index (χ1) is 15.6. The van der Waals surface area contributed by atoms with E-state index in [4.69, 9.17) is 12.2 Å². The van der Waals surface area contributed by atoms with Crippen LogP contribution in [0.2, 0.25) is 0 Å². The van der Waals surface area contributed by atoms with E-state index in [1.165, 1.54) is 0 Å². The van der Waals surface area contributed by atoms with Crippen molar-refractivity contribution in [1.82, 2.24) is 14.9 Å². The highest BCUT2D eigenvalue weighted by atomic mass is 32.1. The maximum absolute atomic E-state index is 11.3. The lowest BCUT2D eigenvalue weighted by Gasteiger charge is -2.29. The molecule has 0 radical (unpaired) electrons. The summed E-state index contributed by atoms with van der Waals surface area (Å²) in [6.45, 7) is 0. The van der Waals surface area contributed by atoms with Crippen LogP contribution in [-0.4, -0.2) is 25.7 Å². The predicted octanol–water partition coefficient (Wildman–Crippen LogP) is 4.75. The molecule has 0 unspecified atom stereocenters. The Morgan fingerprint density at radius 2 is 1.66 bits per heavy atom. The maximum atomic E-state index is 11.3. The number of pyridine rings is 1. The van der Waals surface area contributed by atoms with Gasteiger partial charge in [0.25, 0.3) is 0 Å². The Morgan fingerprint density at radius 1 is 0.906 bits per heavy atom. The number of para-hydroxylation sites is 1. The largest absolute Gasteiger partial charge is 0.478 e. The third kappa shape index (κ3) is 3.52. The number of hydrogen-bond acceptors (Lipinski definition) is 3. The molecule has 0 saturated carbocycles. The van der Waals surface area contributed by atoms with Crippen LogP contribution in [0.3, 0.4) is 0 Å². The van der Waals surface area contributed by atoms with Gasteiger partial charge in [-0.1, -0.05) is 24.3 Å². The SMILES string of the molecule is O=C(O)c1ccc(-n2cccc2[C@H]2[C@@H](c3ccccn3)NC(=S)N2c2ccccc2)cc1. The Labute approximate surface area is 190 Å². The second-order valence-corrected chi connectivity index (χ2v) is 7.87. The van der Waals surface area contributed by atoms with Gasteiger partial charge in [0.05, 0.1) is 17.3 Å². The van der Waals surface area contributed by atoms with E-state index in [1.807, 2.05) is 72.9 Å². The van der Waals surface area contributed by atoms with E-state index >= 15 is 0 Å². The highest BCUT2D eigenvalue weighted by Gasteiger charge is 2.42. The van der Waals surface area contributed by atoms with Gasteiger partial charge in [-0.05, 0) is 72.9 Å². The summed E-state index contributed by atoms with van der Waals surface area (Å²) in [5.41, 5.74) is 4.03. The van der Waals surface area contributed by atoms with E-state index in [2.05, 4.69) is 25.8 Å². The Kier molecular flexibility index (Phi) is 5.17. The number of rotatable bonds is 5. The Balaban J connectivity index is 1.63. The van der Waals surface area contributed by atoms with E-state index in [1.54, 1.807) is 18.3 Å². The average molecular weight is 441 g/mol. The number of nitrogens with one attached hydrogen (secondary N) is 1. The molecule has 3 heterocycles. The first-order valence-corrected chi connectivity index (χ1v) is 10.6. The number of anilines is 1. The molecular weight excluding hydrogens is 420 g/mol. The number of aromatic nitrogens is 2. The van der Waals surface area contributed by atoms with Crippen molar-refractivity contribution in [2.45, 2.75) is 12.1 Å². The van der Waals surface area contributed by atoms with Crippen LogP contribution in [0.25, 0.3) is 5.69 Å². The summed E-state index contributed by atoms with van der Waals surface area (Å²) in [7, 11) is 0. The fraction of sp³-hybridized carbons (Fsp3) is 0.0800. The molecule has 1 aliphatic heterocycles. The van der Waals surface area contributed by atoms with Gasteiger partial charge in [0, 0.05) is 29.5 Å². The number of benzene rings is 2. The summed E-state index contributed by atoms with van der Waals surface area (Å²) in [6, 6.07) is 26.5. The quantitative estimate of drug-likeness (QED) is 0.437. The molecule has 6 nitrogen and oxygen atoms in total. The van der Waals surface area contributed by atoms with Gasteiger partial charge in [0.2, 0.25) is 0 Å². The molecular formula is C25H20N4O2S. The number of hydrogen-bond donors (Lipinski definition) is 2. The van der Waals surface area contributed by atoms with Crippen molar-refractivity contribution in [3.8, 4) is 5.69 Å². The van der Waals surface area contributed by atoms with Crippen molar-refractivity contribution >= 4 is 29.0 Å². The van der Waals surface area contributed by atoms with Gasteiger partial charge in [0.15, 0.2) is 5.11 Å². The monoisotopic (exact) mass is 440 g/mol. The second kappa shape index (κ2) is 8.28. The van der Waals surface area contributed by atoms with E-state index in [0.29, 0.717) is 5.11 Å². The number of carboxylic acid groups (broad SMARTS) is 1. The van der Waals surface area contributed by atoms with Crippen molar-refractivity contribution in [1.29, 1.82) is 0 Å². The van der Waals surface area contributed by atoms with E-state index in [0.717, 1.165) is 22.8 Å². The van der Waals surface area contributed by atoms with Gasteiger partial charge >= 0.3 is 5.97 Å². The molecule has 1 aliphatic rings. The predicted molar refractivity (Wildman–Crippen MR) is 127 cm³/mol. The van der Waals surface area contributed by atoms with Crippen LogP contribution in [0.1, 0.15) is 33.8 Å². The van der Waals surface area contributed by atoms with Gasteiger partial charge < -0.3 is 19.9 Å². The zero-order valence-corrected chi connectivity index (χ0v) is 17.8. The molecule has 0 spiro atoms. The third-order valence-electron chi connectivity index (χ3n) is 5.61. The molecule has 32 heavy (non-hydrogen) atoms. The van der Waals surface area contributed by atoms with Crippen molar-refractivity contribution in [2.24, 2.45) is 0 Å². The molecule has 1 saturated heterocycles. The highest BCUT2D eigenvalue weighted by Crippen LogP contribution is 2.42. The van der Waals surface area contributed by atoms with Crippen LogP contribution in [0, 0.1) is 0 Å². The first-order valence-electron chi connectivity index (χ1n) is 10.2. The Morgan fingerprint density at radius 3 is 2.34 bits per heavy atom. The van der Waals surface area contributed by atoms with Crippen molar-refractivity contribution in [3.63, 3.8) is 0 Å². The molecule has 4 aromatic rings. The number of carboxylic acids is 1. The molecule has 2 aromatic heterocycles. The molecule has 1 fully saturated rings. The van der Waals surface area contributed by atoms with Crippen molar-refractivity contribution in [2.75, 3.05) is 4.90 Å². The zero-order chi connectivity index (χ0) is 22.1. The summed E-state index contributed by atoms with van der Waals surface area (Å²) in [6.07, 6.45) is 3.76.